The maximum Gasteiger partial charge on any atom is 0.222 e. The zero-order chi connectivity index (χ0) is 19.0. The highest BCUT2D eigenvalue weighted by atomic mass is 35.5. The molecule has 1 spiro atoms. The Morgan fingerprint density at radius 3 is 2.63 bits per heavy atom. The van der Waals surface area contributed by atoms with Crippen LogP contribution in [0.5, 0.6) is 5.75 Å². The molecule has 1 saturated carbocycles. The number of halogens is 1. The van der Waals surface area contributed by atoms with Crippen molar-refractivity contribution < 1.29 is 14.3 Å². The molecule has 1 aliphatic carbocycles. The molecule has 4 nitrogen and oxygen atoms in total. The molecular formula is C22H28ClNO3. The molecule has 1 saturated heterocycles. The predicted molar refractivity (Wildman–Crippen MR) is 106 cm³/mol. The molecule has 1 aromatic rings. The van der Waals surface area contributed by atoms with Gasteiger partial charge in [0, 0.05) is 37.4 Å². The Bertz CT molecular complexity index is 746. The third kappa shape index (κ3) is 3.87. The van der Waals surface area contributed by atoms with Gasteiger partial charge in [0.15, 0.2) is 5.78 Å². The summed E-state index contributed by atoms with van der Waals surface area (Å²) >= 11 is 6.17. The monoisotopic (exact) mass is 389 g/mol. The molecule has 3 aliphatic rings. The summed E-state index contributed by atoms with van der Waals surface area (Å²) < 4.78 is 6.33. The molecule has 27 heavy (non-hydrogen) atoms. The summed E-state index contributed by atoms with van der Waals surface area (Å²) in [6.07, 6.45) is 8.73. The van der Waals surface area contributed by atoms with Crippen molar-refractivity contribution in [1.29, 1.82) is 0 Å². The van der Waals surface area contributed by atoms with Gasteiger partial charge in [-0.25, -0.2) is 0 Å². The number of fused-ring (bicyclic) bond motifs is 1. The number of hydrogen-bond acceptors (Lipinski definition) is 3. The van der Waals surface area contributed by atoms with Gasteiger partial charge in [-0.15, -0.1) is 0 Å². The Labute approximate surface area is 166 Å². The topological polar surface area (TPSA) is 46.6 Å². The zero-order valence-corrected chi connectivity index (χ0v) is 16.8. The molecule has 0 radical (unpaired) electrons. The van der Waals surface area contributed by atoms with Gasteiger partial charge in [-0.3, -0.25) is 9.59 Å². The zero-order valence-electron chi connectivity index (χ0n) is 16.1. The molecule has 146 valence electrons. The van der Waals surface area contributed by atoms with Crippen molar-refractivity contribution in [1.82, 2.24) is 4.90 Å². The molecule has 0 unspecified atom stereocenters. The van der Waals surface area contributed by atoms with Gasteiger partial charge in [-0.1, -0.05) is 30.9 Å². The van der Waals surface area contributed by atoms with Gasteiger partial charge < -0.3 is 9.64 Å². The predicted octanol–water partition coefficient (Wildman–Crippen LogP) is 4.95. The molecule has 2 heterocycles. The van der Waals surface area contributed by atoms with Gasteiger partial charge >= 0.3 is 0 Å². The minimum atomic E-state index is -0.466. The van der Waals surface area contributed by atoms with E-state index >= 15 is 0 Å². The maximum absolute atomic E-state index is 12.7. The van der Waals surface area contributed by atoms with Crippen LogP contribution in [0, 0.1) is 12.8 Å². The van der Waals surface area contributed by atoms with Crippen LogP contribution in [0.4, 0.5) is 0 Å². The number of carbonyl (C=O) groups is 2. The van der Waals surface area contributed by atoms with Gasteiger partial charge in [0.25, 0.3) is 0 Å². The highest BCUT2D eigenvalue weighted by Gasteiger charge is 2.44. The standard InChI is InChI=1S/C22H28ClNO3/c1-15-11-20-17(13-18(15)23)19(25)14-22(27-20)7-9-24(10-8-22)21(26)12-16-5-3-2-4-6-16/h11,13,16H,2-10,12,14H2,1H3. The van der Waals surface area contributed by atoms with E-state index in [4.69, 9.17) is 16.3 Å². The Balaban J connectivity index is 1.40. The van der Waals surface area contributed by atoms with Gasteiger partial charge in [0.2, 0.25) is 5.91 Å². The number of hydrogen-bond donors (Lipinski definition) is 0. The van der Waals surface area contributed by atoms with E-state index in [9.17, 15) is 9.59 Å². The van der Waals surface area contributed by atoms with Crippen LogP contribution in [-0.2, 0) is 4.79 Å². The van der Waals surface area contributed by atoms with Crippen molar-refractivity contribution in [3.05, 3.63) is 28.3 Å². The second-order valence-electron chi connectivity index (χ2n) is 8.57. The molecule has 2 aliphatic heterocycles. The number of rotatable bonds is 2. The maximum atomic E-state index is 12.7. The number of aryl methyl sites for hydroxylation is 1. The van der Waals surface area contributed by atoms with Gasteiger partial charge in [0.05, 0.1) is 12.0 Å². The molecule has 0 N–H and O–H groups in total. The number of benzene rings is 1. The van der Waals surface area contributed by atoms with Crippen LogP contribution in [0.25, 0.3) is 0 Å². The minimum absolute atomic E-state index is 0.0973. The molecule has 1 amide bonds. The minimum Gasteiger partial charge on any atom is -0.486 e. The first kappa shape index (κ1) is 18.8. The smallest absolute Gasteiger partial charge is 0.222 e. The number of carbonyl (C=O) groups excluding carboxylic acids is 2. The molecule has 4 rings (SSSR count). The number of Topliss-reactive ketones (excluding diaryl/α,β-unsaturated/α-hetero) is 1. The average Bonchev–Trinajstić information content (AvgIpc) is 2.65. The van der Waals surface area contributed by atoms with E-state index in [2.05, 4.69) is 0 Å². The number of nitrogens with zero attached hydrogens (tertiary/aromatic N) is 1. The first-order valence-corrected chi connectivity index (χ1v) is 10.6. The summed E-state index contributed by atoms with van der Waals surface area (Å²) in [7, 11) is 0. The Kier molecular flexibility index (Phi) is 5.19. The lowest BCUT2D eigenvalue weighted by molar-refractivity contribution is -0.136. The van der Waals surface area contributed by atoms with E-state index in [-0.39, 0.29) is 11.7 Å². The van der Waals surface area contributed by atoms with E-state index in [0.717, 1.165) is 18.4 Å². The van der Waals surface area contributed by atoms with Crippen LogP contribution in [-0.4, -0.2) is 35.3 Å². The van der Waals surface area contributed by atoms with Crippen LogP contribution in [0.3, 0.4) is 0 Å². The molecule has 1 aromatic carbocycles. The lowest BCUT2D eigenvalue weighted by Gasteiger charge is -2.44. The Hall–Kier alpha value is -1.55. The molecule has 0 aromatic heterocycles. The average molecular weight is 390 g/mol. The Morgan fingerprint density at radius 2 is 1.93 bits per heavy atom. The SMILES string of the molecule is Cc1cc2c(cc1Cl)C(=O)CC1(CCN(C(=O)CC3CCCCC3)CC1)O2. The lowest BCUT2D eigenvalue weighted by Crippen LogP contribution is -2.52. The van der Waals surface area contributed by atoms with Gasteiger partial charge in [-0.05, 0) is 43.4 Å². The van der Waals surface area contributed by atoms with Crippen molar-refractivity contribution in [3.63, 3.8) is 0 Å². The van der Waals surface area contributed by atoms with E-state index in [0.29, 0.717) is 48.2 Å². The summed E-state index contributed by atoms with van der Waals surface area (Å²) in [5, 5.41) is 0.602. The summed E-state index contributed by atoms with van der Waals surface area (Å²) in [5.74, 6) is 1.59. The molecular weight excluding hydrogens is 362 g/mol. The number of amides is 1. The van der Waals surface area contributed by atoms with E-state index < -0.39 is 5.60 Å². The second-order valence-corrected chi connectivity index (χ2v) is 8.98. The molecule has 0 atom stereocenters. The van der Waals surface area contributed by atoms with E-state index in [1.807, 2.05) is 17.9 Å². The van der Waals surface area contributed by atoms with Crippen molar-refractivity contribution in [3.8, 4) is 5.75 Å². The van der Waals surface area contributed by atoms with Crippen molar-refractivity contribution in [2.75, 3.05) is 13.1 Å². The molecule has 5 heteroatoms. The number of ether oxygens (including phenoxy) is 1. The highest BCUT2D eigenvalue weighted by Crippen LogP contribution is 2.41. The first-order valence-electron chi connectivity index (χ1n) is 10.3. The van der Waals surface area contributed by atoms with Crippen molar-refractivity contribution >= 4 is 23.3 Å². The largest absolute Gasteiger partial charge is 0.486 e. The number of piperidine rings is 1. The molecule has 2 fully saturated rings. The van der Waals surface area contributed by atoms with Gasteiger partial charge in [0.1, 0.15) is 11.4 Å². The Morgan fingerprint density at radius 1 is 1.22 bits per heavy atom. The lowest BCUT2D eigenvalue weighted by atomic mass is 9.81. The van der Waals surface area contributed by atoms with Crippen molar-refractivity contribution in [2.45, 2.75) is 70.3 Å². The third-order valence-corrected chi connectivity index (χ3v) is 6.99. The summed E-state index contributed by atoms with van der Waals surface area (Å²) in [6, 6.07) is 3.60. The van der Waals surface area contributed by atoms with E-state index in [1.54, 1.807) is 6.07 Å². The number of likely N-dealkylation sites (tertiary alicyclic amines) is 1. The fourth-order valence-electron chi connectivity index (χ4n) is 4.82. The third-order valence-electron chi connectivity index (χ3n) is 6.59. The first-order chi connectivity index (χ1) is 13.0. The highest BCUT2D eigenvalue weighted by molar-refractivity contribution is 6.31. The normalized spacial score (nSPS) is 22.4. The van der Waals surface area contributed by atoms with Gasteiger partial charge in [-0.2, -0.15) is 0 Å². The summed E-state index contributed by atoms with van der Waals surface area (Å²) in [5.41, 5.74) is 1.04. The van der Waals surface area contributed by atoms with Crippen LogP contribution in [0.1, 0.15) is 73.7 Å². The fraction of sp³-hybridized carbons (Fsp3) is 0.636. The number of ketones is 1. The summed E-state index contributed by atoms with van der Waals surface area (Å²) in [4.78, 5) is 27.3. The van der Waals surface area contributed by atoms with Crippen LogP contribution >= 0.6 is 11.6 Å². The van der Waals surface area contributed by atoms with Crippen molar-refractivity contribution in [2.24, 2.45) is 5.92 Å². The molecule has 0 bridgehead atoms. The van der Waals surface area contributed by atoms with Crippen LogP contribution in [0.2, 0.25) is 5.02 Å². The second kappa shape index (κ2) is 7.46. The van der Waals surface area contributed by atoms with E-state index in [1.165, 1.54) is 32.1 Å². The fourth-order valence-corrected chi connectivity index (χ4v) is 4.99. The quantitative estimate of drug-likeness (QED) is 0.719. The van der Waals surface area contributed by atoms with Crippen LogP contribution < -0.4 is 4.74 Å². The summed E-state index contributed by atoms with van der Waals surface area (Å²) in [6.45, 7) is 3.28. The van der Waals surface area contributed by atoms with Crippen LogP contribution in [0.15, 0.2) is 12.1 Å².